The first-order valence-corrected chi connectivity index (χ1v) is 4.55. The molecule has 0 aromatic heterocycles. The van der Waals surface area contributed by atoms with Gasteiger partial charge in [0.25, 0.3) is 0 Å². The molecule has 0 unspecified atom stereocenters. The van der Waals surface area contributed by atoms with Crippen molar-refractivity contribution in [3.8, 4) is 6.07 Å². The van der Waals surface area contributed by atoms with Crippen molar-refractivity contribution in [3.63, 3.8) is 0 Å². The Balaban J connectivity index is 5.08. The topological polar surface area (TPSA) is 76.1 Å². The van der Waals surface area contributed by atoms with Gasteiger partial charge < -0.3 is 10.5 Å². The van der Waals surface area contributed by atoms with Crippen molar-refractivity contribution in [2.24, 2.45) is 5.73 Å². The van der Waals surface area contributed by atoms with E-state index in [0.29, 0.717) is 0 Å². The molecule has 0 fully saturated rings. The van der Waals surface area contributed by atoms with Crippen molar-refractivity contribution < 1.29 is 9.53 Å². The normalized spacial score (nSPS) is 12.8. The van der Waals surface area contributed by atoms with Crippen LogP contribution in [0.3, 0.4) is 0 Å². The SMILES string of the molecule is CCOC(=O)/C(C#N)=C(\N)C(C)(Cl)Cl. The number of nitrogens with two attached hydrogens (primary N) is 1. The van der Waals surface area contributed by atoms with Gasteiger partial charge in [0.2, 0.25) is 0 Å². The highest BCUT2D eigenvalue weighted by atomic mass is 35.5. The van der Waals surface area contributed by atoms with Crippen molar-refractivity contribution in [1.29, 1.82) is 5.26 Å². The molecule has 0 aliphatic heterocycles. The van der Waals surface area contributed by atoms with Crippen LogP contribution in [0.25, 0.3) is 0 Å². The van der Waals surface area contributed by atoms with Crippen LogP contribution in [0.1, 0.15) is 13.8 Å². The number of nitrogens with zero attached hydrogens (tertiary/aromatic N) is 1. The van der Waals surface area contributed by atoms with E-state index >= 15 is 0 Å². The van der Waals surface area contributed by atoms with Crippen molar-refractivity contribution in [3.05, 3.63) is 11.3 Å². The van der Waals surface area contributed by atoms with Crippen LogP contribution < -0.4 is 5.73 Å². The van der Waals surface area contributed by atoms with E-state index in [-0.39, 0.29) is 17.9 Å². The van der Waals surface area contributed by atoms with Gasteiger partial charge in [-0.05, 0) is 13.8 Å². The Morgan fingerprint density at radius 3 is 2.43 bits per heavy atom. The molecule has 0 atom stereocenters. The largest absolute Gasteiger partial charge is 0.462 e. The van der Waals surface area contributed by atoms with E-state index in [0.717, 1.165) is 0 Å². The minimum absolute atomic E-state index is 0.151. The molecule has 0 amide bonds. The molecule has 0 rings (SSSR count). The third kappa shape index (κ3) is 3.44. The molecule has 0 saturated carbocycles. The molecule has 4 nitrogen and oxygen atoms in total. The van der Waals surface area contributed by atoms with Crippen LogP contribution in [0.4, 0.5) is 0 Å². The van der Waals surface area contributed by atoms with Gasteiger partial charge in [0.1, 0.15) is 6.07 Å². The molecule has 0 aliphatic rings. The van der Waals surface area contributed by atoms with E-state index in [1.807, 2.05) is 0 Å². The standard InChI is InChI=1S/C8H10Cl2N2O2/c1-3-14-7(13)5(4-11)6(12)8(2,9)10/h3,12H2,1-2H3/b6-5-. The Bertz CT molecular complexity index is 299. The van der Waals surface area contributed by atoms with Crippen molar-refractivity contribution in [2.75, 3.05) is 6.61 Å². The molecular formula is C8H10Cl2N2O2. The van der Waals surface area contributed by atoms with E-state index in [4.69, 9.17) is 34.2 Å². The maximum atomic E-state index is 11.2. The number of ether oxygens (including phenoxy) is 1. The van der Waals surface area contributed by atoms with Gasteiger partial charge in [-0.3, -0.25) is 0 Å². The number of esters is 1. The second-order valence-electron chi connectivity index (χ2n) is 2.51. The summed E-state index contributed by atoms with van der Waals surface area (Å²) in [5.41, 5.74) is 4.86. The molecule has 6 heteroatoms. The fraction of sp³-hybridized carbons (Fsp3) is 0.500. The molecule has 14 heavy (non-hydrogen) atoms. The number of hydrogen-bond acceptors (Lipinski definition) is 4. The molecule has 0 bridgehead atoms. The van der Waals surface area contributed by atoms with Crippen molar-refractivity contribution in [2.45, 2.75) is 18.2 Å². The predicted octanol–water partition coefficient (Wildman–Crippen LogP) is 1.48. The van der Waals surface area contributed by atoms with Crippen molar-refractivity contribution >= 4 is 29.2 Å². The van der Waals surface area contributed by atoms with E-state index in [1.54, 1.807) is 13.0 Å². The summed E-state index contributed by atoms with van der Waals surface area (Å²) in [4.78, 5) is 11.2. The Labute approximate surface area is 92.2 Å². The highest BCUT2D eigenvalue weighted by Gasteiger charge is 2.27. The van der Waals surface area contributed by atoms with Gasteiger partial charge in [-0.25, -0.2) is 4.79 Å². The number of carbonyl (C=O) groups is 1. The van der Waals surface area contributed by atoms with Crippen LogP contribution in [0.2, 0.25) is 0 Å². The number of nitriles is 1. The third-order valence-corrected chi connectivity index (χ3v) is 1.74. The Morgan fingerprint density at radius 2 is 2.14 bits per heavy atom. The fourth-order valence-corrected chi connectivity index (χ4v) is 0.828. The average Bonchev–Trinajstić information content (AvgIpc) is 2.04. The average molecular weight is 237 g/mol. The second-order valence-corrected chi connectivity index (χ2v) is 4.21. The monoisotopic (exact) mass is 236 g/mol. The summed E-state index contributed by atoms with van der Waals surface area (Å²) < 4.78 is 3.13. The lowest BCUT2D eigenvalue weighted by Gasteiger charge is -2.14. The molecule has 0 aromatic rings. The van der Waals surface area contributed by atoms with Gasteiger partial charge in [0, 0.05) is 0 Å². The Hall–Kier alpha value is -0.920. The lowest BCUT2D eigenvalue weighted by molar-refractivity contribution is -0.138. The number of hydrogen-bond donors (Lipinski definition) is 1. The van der Waals surface area contributed by atoms with Crippen LogP contribution in [0.15, 0.2) is 11.3 Å². The summed E-state index contributed by atoms with van der Waals surface area (Å²) in [6.07, 6.45) is 0. The number of rotatable bonds is 3. The maximum absolute atomic E-state index is 11.2. The number of allylic oxidation sites excluding steroid dienone is 1. The van der Waals surface area contributed by atoms with Gasteiger partial charge in [0.15, 0.2) is 9.91 Å². The molecular weight excluding hydrogens is 227 g/mol. The second kappa shape index (κ2) is 5.08. The lowest BCUT2D eigenvalue weighted by atomic mass is 10.2. The summed E-state index contributed by atoms with van der Waals surface area (Å²) in [5.74, 6) is -0.819. The number of carbonyl (C=O) groups excluding carboxylic acids is 1. The van der Waals surface area contributed by atoms with Crippen molar-refractivity contribution in [1.82, 2.24) is 0 Å². The van der Waals surface area contributed by atoms with E-state index in [1.165, 1.54) is 6.92 Å². The fourth-order valence-electron chi connectivity index (χ4n) is 0.639. The Kier molecular flexibility index (Phi) is 4.75. The van der Waals surface area contributed by atoms with Crippen LogP contribution in [0, 0.1) is 11.3 Å². The summed E-state index contributed by atoms with van der Waals surface area (Å²) >= 11 is 11.3. The highest BCUT2D eigenvalue weighted by Crippen LogP contribution is 2.28. The maximum Gasteiger partial charge on any atom is 0.350 e. The zero-order valence-electron chi connectivity index (χ0n) is 7.80. The summed E-state index contributed by atoms with van der Waals surface area (Å²) in [7, 11) is 0. The van der Waals surface area contributed by atoms with Crippen LogP contribution in [-0.2, 0) is 9.53 Å². The lowest BCUT2D eigenvalue weighted by Crippen LogP contribution is -2.24. The molecule has 78 valence electrons. The first-order valence-electron chi connectivity index (χ1n) is 3.79. The molecule has 0 aliphatic carbocycles. The molecule has 0 saturated heterocycles. The van der Waals surface area contributed by atoms with Crippen LogP contribution in [0.5, 0.6) is 0 Å². The van der Waals surface area contributed by atoms with Gasteiger partial charge in [-0.15, -0.1) is 0 Å². The quantitative estimate of drug-likeness (QED) is 0.349. The first kappa shape index (κ1) is 13.1. The molecule has 0 spiro atoms. The number of alkyl halides is 2. The molecule has 2 N–H and O–H groups in total. The zero-order chi connectivity index (χ0) is 11.4. The summed E-state index contributed by atoms with van der Waals surface area (Å²) in [6.45, 7) is 3.13. The van der Waals surface area contributed by atoms with Gasteiger partial charge in [-0.1, -0.05) is 23.2 Å². The van der Waals surface area contributed by atoms with E-state index < -0.39 is 10.3 Å². The number of halogens is 2. The molecule has 0 radical (unpaired) electrons. The zero-order valence-corrected chi connectivity index (χ0v) is 9.32. The van der Waals surface area contributed by atoms with Gasteiger partial charge in [-0.2, -0.15) is 5.26 Å². The molecule has 0 heterocycles. The van der Waals surface area contributed by atoms with Crippen LogP contribution >= 0.6 is 23.2 Å². The van der Waals surface area contributed by atoms with Crippen LogP contribution in [-0.4, -0.2) is 16.9 Å². The predicted molar refractivity (Wildman–Crippen MR) is 53.6 cm³/mol. The minimum atomic E-state index is -1.46. The van der Waals surface area contributed by atoms with Gasteiger partial charge in [0.05, 0.1) is 12.3 Å². The summed E-state index contributed by atoms with van der Waals surface area (Å²) in [5, 5.41) is 8.65. The smallest absolute Gasteiger partial charge is 0.350 e. The van der Waals surface area contributed by atoms with E-state index in [2.05, 4.69) is 4.74 Å². The first-order chi connectivity index (χ1) is 6.34. The summed E-state index contributed by atoms with van der Waals surface area (Å²) in [6, 6.07) is 1.60. The third-order valence-electron chi connectivity index (χ3n) is 1.33. The van der Waals surface area contributed by atoms with Gasteiger partial charge >= 0.3 is 5.97 Å². The molecule has 0 aromatic carbocycles. The minimum Gasteiger partial charge on any atom is -0.462 e. The highest BCUT2D eigenvalue weighted by molar-refractivity contribution is 6.50. The Morgan fingerprint density at radius 1 is 1.64 bits per heavy atom. The van der Waals surface area contributed by atoms with E-state index in [9.17, 15) is 4.79 Å².